The minimum absolute atomic E-state index is 0.174. The lowest BCUT2D eigenvalue weighted by Crippen LogP contribution is -2.27. The first-order valence-corrected chi connectivity index (χ1v) is 6.49. The molecule has 1 aromatic heterocycles. The van der Waals surface area contributed by atoms with Crippen LogP contribution < -0.4 is 0 Å². The van der Waals surface area contributed by atoms with E-state index in [1.165, 1.54) is 12.8 Å². The van der Waals surface area contributed by atoms with Crippen molar-refractivity contribution < 1.29 is 9.63 Å². The molecule has 0 spiro atoms. The van der Waals surface area contributed by atoms with Gasteiger partial charge in [0, 0.05) is 12.5 Å². The van der Waals surface area contributed by atoms with Gasteiger partial charge in [0.1, 0.15) is 0 Å². The molecule has 1 aromatic rings. The van der Waals surface area contributed by atoms with Crippen LogP contribution in [0.25, 0.3) is 0 Å². The zero-order valence-electron chi connectivity index (χ0n) is 10.4. The van der Waals surface area contributed by atoms with Crippen LogP contribution in [0.3, 0.4) is 0 Å². The summed E-state index contributed by atoms with van der Waals surface area (Å²) in [6.45, 7) is 4.63. The van der Waals surface area contributed by atoms with Gasteiger partial charge in [0.2, 0.25) is 5.89 Å². The standard InChI is InChI=1S/C12H21N3O2/c1-2-3-6-15(7-8-16)9-11-13-12(14-17-11)10-4-5-10/h10,16H,2-9H2,1H3. The van der Waals surface area contributed by atoms with Gasteiger partial charge in [-0.05, 0) is 25.8 Å². The molecule has 0 amide bonds. The second kappa shape index (κ2) is 6.12. The number of rotatable bonds is 8. The minimum Gasteiger partial charge on any atom is -0.395 e. The van der Waals surface area contributed by atoms with E-state index in [2.05, 4.69) is 22.0 Å². The average molecular weight is 239 g/mol. The molecule has 0 bridgehead atoms. The van der Waals surface area contributed by atoms with Gasteiger partial charge in [-0.3, -0.25) is 4.90 Å². The summed E-state index contributed by atoms with van der Waals surface area (Å²) in [6.07, 6.45) is 4.66. The second-order valence-corrected chi connectivity index (χ2v) is 4.67. The van der Waals surface area contributed by atoms with Gasteiger partial charge in [0.25, 0.3) is 0 Å². The van der Waals surface area contributed by atoms with E-state index in [0.717, 1.165) is 25.2 Å². The Hall–Kier alpha value is -0.940. The molecular weight excluding hydrogens is 218 g/mol. The molecule has 0 radical (unpaired) electrons. The molecule has 1 aliphatic carbocycles. The van der Waals surface area contributed by atoms with Crippen LogP contribution >= 0.6 is 0 Å². The van der Waals surface area contributed by atoms with Crippen LogP contribution in [0.5, 0.6) is 0 Å². The van der Waals surface area contributed by atoms with Crippen molar-refractivity contribution in [3.05, 3.63) is 11.7 Å². The summed E-state index contributed by atoms with van der Waals surface area (Å²) < 4.78 is 5.24. The predicted molar refractivity (Wildman–Crippen MR) is 63.5 cm³/mol. The highest BCUT2D eigenvalue weighted by Crippen LogP contribution is 2.38. The lowest BCUT2D eigenvalue weighted by atomic mass is 10.3. The van der Waals surface area contributed by atoms with E-state index >= 15 is 0 Å². The first kappa shape index (κ1) is 12.5. The monoisotopic (exact) mass is 239 g/mol. The van der Waals surface area contributed by atoms with Gasteiger partial charge < -0.3 is 9.63 Å². The first-order valence-electron chi connectivity index (χ1n) is 6.49. The van der Waals surface area contributed by atoms with Crippen LogP contribution in [-0.2, 0) is 6.54 Å². The van der Waals surface area contributed by atoms with E-state index in [4.69, 9.17) is 9.63 Å². The summed E-state index contributed by atoms with van der Waals surface area (Å²) in [6, 6.07) is 0. The molecule has 0 aromatic carbocycles. The summed E-state index contributed by atoms with van der Waals surface area (Å²) in [5, 5.41) is 13.0. The Bertz CT molecular complexity index is 336. The molecule has 1 N–H and O–H groups in total. The average Bonchev–Trinajstić information content (AvgIpc) is 3.08. The smallest absolute Gasteiger partial charge is 0.240 e. The van der Waals surface area contributed by atoms with Crippen molar-refractivity contribution >= 4 is 0 Å². The molecular formula is C12H21N3O2. The van der Waals surface area contributed by atoms with Crippen molar-refractivity contribution in [2.24, 2.45) is 0 Å². The van der Waals surface area contributed by atoms with Crippen LogP contribution in [0.1, 0.15) is 50.2 Å². The Labute approximate surface area is 102 Å². The van der Waals surface area contributed by atoms with Crippen molar-refractivity contribution in [3.63, 3.8) is 0 Å². The Morgan fingerprint density at radius 1 is 1.41 bits per heavy atom. The fourth-order valence-corrected chi connectivity index (χ4v) is 1.82. The van der Waals surface area contributed by atoms with Gasteiger partial charge in [-0.1, -0.05) is 18.5 Å². The van der Waals surface area contributed by atoms with E-state index in [1.54, 1.807) is 0 Å². The molecule has 17 heavy (non-hydrogen) atoms. The van der Waals surface area contributed by atoms with Crippen LogP contribution in [0.4, 0.5) is 0 Å². The van der Waals surface area contributed by atoms with Crippen LogP contribution in [0.15, 0.2) is 4.52 Å². The van der Waals surface area contributed by atoms with Gasteiger partial charge >= 0.3 is 0 Å². The Kier molecular flexibility index (Phi) is 4.50. The van der Waals surface area contributed by atoms with Crippen molar-refractivity contribution in [2.45, 2.75) is 45.1 Å². The summed E-state index contributed by atoms with van der Waals surface area (Å²) in [7, 11) is 0. The van der Waals surface area contributed by atoms with Crippen LogP contribution in [-0.4, -0.2) is 39.8 Å². The molecule has 0 atom stereocenters. The van der Waals surface area contributed by atoms with Gasteiger partial charge in [-0.2, -0.15) is 4.98 Å². The zero-order chi connectivity index (χ0) is 12.1. The molecule has 1 saturated carbocycles. The normalized spacial score (nSPS) is 15.7. The molecule has 1 heterocycles. The van der Waals surface area contributed by atoms with Gasteiger partial charge in [0.05, 0.1) is 13.2 Å². The maximum atomic E-state index is 9.01. The highest BCUT2D eigenvalue weighted by Gasteiger charge is 2.28. The third-order valence-corrected chi connectivity index (χ3v) is 3.03. The Balaban J connectivity index is 1.85. The van der Waals surface area contributed by atoms with E-state index in [9.17, 15) is 0 Å². The van der Waals surface area contributed by atoms with Crippen molar-refractivity contribution in [1.29, 1.82) is 0 Å². The van der Waals surface area contributed by atoms with Gasteiger partial charge in [0.15, 0.2) is 5.82 Å². The molecule has 5 heteroatoms. The Morgan fingerprint density at radius 2 is 2.24 bits per heavy atom. The van der Waals surface area contributed by atoms with Crippen molar-refractivity contribution in [3.8, 4) is 0 Å². The van der Waals surface area contributed by atoms with Gasteiger partial charge in [-0.15, -0.1) is 0 Å². The number of unbranched alkanes of at least 4 members (excludes halogenated alkanes) is 1. The number of hydrogen-bond donors (Lipinski definition) is 1. The summed E-state index contributed by atoms with van der Waals surface area (Å²) in [5.41, 5.74) is 0. The van der Waals surface area contributed by atoms with Crippen molar-refractivity contribution in [1.82, 2.24) is 15.0 Å². The van der Waals surface area contributed by atoms with E-state index < -0.39 is 0 Å². The largest absolute Gasteiger partial charge is 0.395 e. The fraction of sp³-hybridized carbons (Fsp3) is 0.833. The lowest BCUT2D eigenvalue weighted by molar-refractivity contribution is 0.172. The minimum atomic E-state index is 0.174. The quantitative estimate of drug-likeness (QED) is 0.745. The topological polar surface area (TPSA) is 62.4 Å². The van der Waals surface area contributed by atoms with E-state index in [1.807, 2.05) is 0 Å². The molecule has 0 aliphatic heterocycles. The molecule has 5 nitrogen and oxygen atoms in total. The van der Waals surface area contributed by atoms with E-state index in [-0.39, 0.29) is 6.61 Å². The Morgan fingerprint density at radius 3 is 2.88 bits per heavy atom. The summed E-state index contributed by atoms with van der Waals surface area (Å²) in [5.74, 6) is 2.07. The molecule has 2 rings (SSSR count). The molecule has 1 fully saturated rings. The van der Waals surface area contributed by atoms with Crippen LogP contribution in [0, 0.1) is 0 Å². The number of aliphatic hydroxyl groups excluding tert-OH is 1. The van der Waals surface area contributed by atoms with Crippen LogP contribution in [0.2, 0.25) is 0 Å². The molecule has 1 aliphatic rings. The molecule has 0 unspecified atom stereocenters. The summed E-state index contributed by atoms with van der Waals surface area (Å²) >= 11 is 0. The third kappa shape index (κ3) is 3.78. The number of hydrogen-bond acceptors (Lipinski definition) is 5. The fourth-order valence-electron chi connectivity index (χ4n) is 1.82. The maximum Gasteiger partial charge on any atom is 0.240 e. The lowest BCUT2D eigenvalue weighted by Gasteiger charge is -2.18. The highest BCUT2D eigenvalue weighted by molar-refractivity contribution is 5.03. The van der Waals surface area contributed by atoms with Gasteiger partial charge in [-0.25, -0.2) is 0 Å². The SMILES string of the molecule is CCCCN(CCO)Cc1nc(C2CC2)no1. The number of aromatic nitrogens is 2. The van der Waals surface area contributed by atoms with E-state index in [0.29, 0.717) is 24.9 Å². The second-order valence-electron chi connectivity index (χ2n) is 4.67. The number of aliphatic hydroxyl groups is 1. The summed E-state index contributed by atoms with van der Waals surface area (Å²) in [4.78, 5) is 6.56. The van der Waals surface area contributed by atoms with Crippen molar-refractivity contribution in [2.75, 3.05) is 19.7 Å². The molecule has 0 saturated heterocycles. The highest BCUT2D eigenvalue weighted by atomic mass is 16.5. The zero-order valence-corrected chi connectivity index (χ0v) is 10.4. The molecule has 96 valence electrons. The third-order valence-electron chi connectivity index (χ3n) is 3.03. The predicted octanol–water partition coefficient (Wildman–Crippen LogP) is 1.54. The number of nitrogens with zero attached hydrogens (tertiary/aromatic N) is 3. The first-order chi connectivity index (χ1) is 8.33. The maximum absolute atomic E-state index is 9.01.